The Hall–Kier alpha value is -1.49. The summed E-state index contributed by atoms with van der Waals surface area (Å²) in [6.07, 6.45) is 1.89. The molecule has 0 aliphatic rings. The molecule has 0 atom stereocenters. The van der Waals surface area contributed by atoms with Gasteiger partial charge in [0.2, 0.25) is 0 Å². The second-order valence-electron chi connectivity index (χ2n) is 2.83. The molecule has 0 aliphatic carbocycles. The van der Waals surface area contributed by atoms with Crippen LogP contribution in [-0.4, -0.2) is 15.9 Å². The van der Waals surface area contributed by atoms with E-state index in [2.05, 4.69) is 4.98 Å². The van der Waals surface area contributed by atoms with Crippen molar-refractivity contribution in [1.82, 2.24) is 9.66 Å². The van der Waals surface area contributed by atoms with Crippen LogP contribution in [-0.2, 0) is 0 Å². The molecule has 0 amide bonds. The molecular formula is C9H10N4S. The number of fused-ring (bicyclic) bond motifs is 1. The van der Waals surface area contributed by atoms with Crippen molar-refractivity contribution in [2.24, 2.45) is 0 Å². The van der Waals surface area contributed by atoms with Crippen molar-refractivity contribution in [2.75, 3.05) is 12.1 Å². The van der Waals surface area contributed by atoms with Gasteiger partial charge in [0.1, 0.15) is 0 Å². The van der Waals surface area contributed by atoms with Gasteiger partial charge in [0.25, 0.3) is 0 Å². The van der Waals surface area contributed by atoms with Crippen LogP contribution < -0.4 is 11.3 Å². The maximum atomic E-state index is 7.82. The fourth-order valence-electron chi connectivity index (χ4n) is 1.30. The van der Waals surface area contributed by atoms with Crippen LogP contribution in [0.25, 0.3) is 10.9 Å². The Morgan fingerprint density at radius 3 is 2.86 bits per heavy atom. The molecule has 1 aromatic heterocycles. The molecular weight excluding hydrogens is 196 g/mol. The van der Waals surface area contributed by atoms with Crippen molar-refractivity contribution < 1.29 is 0 Å². The fraction of sp³-hybridized carbons (Fsp3) is 0.111. The van der Waals surface area contributed by atoms with Crippen LogP contribution in [0, 0.1) is 5.41 Å². The Balaban J connectivity index is 2.92. The molecule has 0 unspecified atom stereocenters. The van der Waals surface area contributed by atoms with E-state index < -0.39 is 0 Å². The first-order chi connectivity index (χ1) is 6.74. The molecule has 14 heavy (non-hydrogen) atoms. The van der Waals surface area contributed by atoms with Gasteiger partial charge in [-0.1, -0.05) is 23.9 Å². The van der Waals surface area contributed by atoms with Crippen molar-refractivity contribution in [3.8, 4) is 0 Å². The molecule has 0 saturated heterocycles. The zero-order valence-corrected chi connectivity index (χ0v) is 8.51. The summed E-state index contributed by atoms with van der Waals surface area (Å²) in [4.78, 5) is 4.34. The fourth-order valence-corrected chi connectivity index (χ4v) is 1.78. The zero-order valence-electron chi connectivity index (χ0n) is 7.69. The minimum absolute atomic E-state index is 0.292. The molecule has 0 fully saturated rings. The minimum Gasteiger partial charge on any atom is -0.335 e. The first kappa shape index (κ1) is 9.08. The lowest BCUT2D eigenvalue weighted by molar-refractivity contribution is 0.753. The monoisotopic (exact) mass is 206 g/mol. The number of hydrogen-bond donors (Lipinski definition) is 2. The van der Waals surface area contributed by atoms with Crippen LogP contribution >= 0.6 is 11.8 Å². The summed E-state index contributed by atoms with van der Waals surface area (Å²) < 4.78 is 1.30. The van der Waals surface area contributed by atoms with Gasteiger partial charge in [-0.05, 0) is 18.4 Å². The largest absolute Gasteiger partial charge is 0.335 e. The molecule has 5 heteroatoms. The Morgan fingerprint density at radius 1 is 1.43 bits per heavy atom. The van der Waals surface area contributed by atoms with Crippen molar-refractivity contribution in [3.05, 3.63) is 29.8 Å². The molecule has 1 aromatic carbocycles. The van der Waals surface area contributed by atoms with Crippen LogP contribution in [0.1, 0.15) is 0 Å². The number of nitrogens with two attached hydrogens (primary N) is 1. The van der Waals surface area contributed by atoms with Crippen LogP contribution in [0.2, 0.25) is 0 Å². The molecule has 4 nitrogen and oxygen atoms in total. The number of nitrogens with one attached hydrogen (secondary N) is 1. The van der Waals surface area contributed by atoms with E-state index in [1.807, 2.05) is 30.5 Å². The lowest BCUT2D eigenvalue weighted by Gasteiger charge is -2.07. The van der Waals surface area contributed by atoms with Crippen LogP contribution in [0.3, 0.4) is 0 Å². The molecule has 0 spiro atoms. The topological polar surface area (TPSA) is 67.7 Å². The highest BCUT2D eigenvalue weighted by molar-refractivity contribution is 7.98. The molecule has 0 saturated carbocycles. The number of rotatable bonds is 1. The lowest BCUT2D eigenvalue weighted by atomic mass is 10.2. The van der Waals surface area contributed by atoms with E-state index in [-0.39, 0.29) is 0 Å². The van der Waals surface area contributed by atoms with E-state index in [9.17, 15) is 0 Å². The molecule has 1 heterocycles. The van der Waals surface area contributed by atoms with Gasteiger partial charge in [-0.2, -0.15) is 0 Å². The van der Waals surface area contributed by atoms with E-state index >= 15 is 0 Å². The molecule has 2 aromatic rings. The molecule has 72 valence electrons. The number of para-hydroxylation sites is 1. The van der Waals surface area contributed by atoms with Gasteiger partial charge in [0, 0.05) is 5.39 Å². The highest BCUT2D eigenvalue weighted by Crippen LogP contribution is 2.12. The predicted octanol–water partition coefficient (Wildman–Crippen LogP) is 0.951. The number of aromatic nitrogens is 2. The molecule has 3 N–H and O–H groups in total. The molecule has 0 aliphatic heterocycles. The maximum Gasteiger partial charge on any atom is 0.188 e. The number of benzene rings is 1. The average Bonchev–Trinajstić information content (AvgIpc) is 2.23. The summed E-state index contributed by atoms with van der Waals surface area (Å²) in [5.74, 6) is 5.71. The Kier molecular flexibility index (Phi) is 2.17. The standard InChI is InChI=1S/C9H10N4S/c1-14-9-12-7-5-3-2-4-6(7)8(10)13(9)11/h2-5,10H,11H2,1H3. The van der Waals surface area contributed by atoms with Crippen molar-refractivity contribution in [3.63, 3.8) is 0 Å². The lowest BCUT2D eigenvalue weighted by Crippen LogP contribution is -2.29. The van der Waals surface area contributed by atoms with Gasteiger partial charge in [0.05, 0.1) is 5.52 Å². The third-order valence-corrected chi connectivity index (χ3v) is 2.66. The summed E-state index contributed by atoms with van der Waals surface area (Å²) in [5, 5.41) is 9.24. The summed E-state index contributed by atoms with van der Waals surface area (Å²) in [6, 6.07) is 7.51. The van der Waals surface area contributed by atoms with E-state index in [0.717, 1.165) is 10.9 Å². The van der Waals surface area contributed by atoms with E-state index in [1.165, 1.54) is 16.4 Å². The summed E-state index contributed by atoms with van der Waals surface area (Å²) >= 11 is 1.43. The Labute approximate surface area is 85.2 Å². The second kappa shape index (κ2) is 3.34. The van der Waals surface area contributed by atoms with E-state index in [0.29, 0.717) is 10.6 Å². The maximum absolute atomic E-state index is 7.82. The smallest absolute Gasteiger partial charge is 0.188 e. The highest BCUT2D eigenvalue weighted by Gasteiger charge is 2.03. The third kappa shape index (κ3) is 1.26. The molecule has 0 bridgehead atoms. The summed E-state index contributed by atoms with van der Waals surface area (Å²) in [5.41, 5.74) is 1.10. The summed E-state index contributed by atoms with van der Waals surface area (Å²) in [6.45, 7) is 0. The Bertz CT molecular complexity index is 532. The Morgan fingerprint density at radius 2 is 2.14 bits per heavy atom. The number of nitrogen functional groups attached to an aromatic ring is 1. The minimum atomic E-state index is 0.292. The van der Waals surface area contributed by atoms with E-state index in [4.69, 9.17) is 11.3 Å². The van der Waals surface area contributed by atoms with Gasteiger partial charge in [-0.15, -0.1) is 0 Å². The number of hydrogen-bond acceptors (Lipinski definition) is 4. The van der Waals surface area contributed by atoms with Crippen molar-refractivity contribution in [2.45, 2.75) is 5.16 Å². The second-order valence-corrected chi connectivity index (χ2v) is 3.61. The van der Waals surface area contributed by atoms with Gasteiger partial charge >= 0.3 is 0 Å². The van der Waals surface area contributed by atoms with Crippen LogP contribution in [0.5, 0.6) is 0 Å². The number of nitrogens with zero attached hydrogens (tertiary/aromatic N) is 2. The average molecular weight is 206 g/mol. The van der Waals surface area contributed by atoms with Gasteiger partial charge < -0.3 is 5.84 Å². The van der Waals surface area contributed by atoms with Crippen LogP contribution in [0.15, 0.2) is 29.4 Å². The predicted molar refractivity (Wildman–Crippen MR) is 57.5 cm³/mol. The normalized spacial score (nSPS) is 10.6. The summed E-state index contributed by atoms with van der Waals surface area (Å²) in [7, 11) is 0. The third-order valence-electron chi connectivity index (χ3n) is 2.00. The quantitative estimate of drug-likeness (QED) is 0.415. The van der Waals surface area contributed by atoms with Crippen molar-refractivity contribution >= 4 is 22.7 Å². The van der Waals surface area contributed by atoms with Crippen LogP contribution in [0.4, 0.5) is 0 Å². The molecule has 0 radical (unpaired) electrons. The van der Waals surface area contributed by atoms with E-state index in [1.54, 1.807) is 0 Å². The van der Waals surface area contributed by atoms with Crippen molar-refractivity contribution in [1.29, 1.82) is 5.41 Å². The SMILES string of the molecule is CSc1nc2ccccc2c(=N)n1N. The first-order valence-electron chi connectivity index (χ1n) is 4.09. The zero-order chi connectivity index (χ0) is 10.1. The first-order valence-corrected chi connectivity index (χ1v) is 5.32. The molecule has 2 rings (SSSR count). The highest BCUT2D eigenvalue weighted by atomic mass is 32.2. The van der Waals surface area contributed by atoms with Gasteiger partial charge in [0.15, 0.2) is 10.6 Å². The number of thioether (sulfide) groups is 1. The van der Waals surface area contributed by atoms with Gasteiger partial charge in [-0.3, -0.25) is 5.41 Å². The van der Waals surface area contributed by atoms with Gasteiger partial charge in [-0.25, -0.2) is 9.66 Å².